The number of carbonyl (C=O) groups excluding carboxylic acids is 1. The molecular weight excluding hydrogens is 376 g/mol. The number of aliphatic hydroxyl groups is 1. The van der Waals surface area contributed by atoms with Crippen LogP contribution in [0.3, 0.4) is 0 Å². The van der Waals surface area contributed by atoms with E-state index >= 15 is 0 Å². The number of benzene rings is 2. The van der Waals surface area contributed by atoms with Gasteiger partial charge in [0.2, 0.25) is 0 Å². The van der Waals surface area contributed by atoms with Gasteiger partial charge in [0.15, 0.2) is 5.69 Å². The Morgan fingerprint density at radius 1 is 1.10 bits per heavy atom. The third kappa shape index (κ3) is 4.22. The number of likely N-dealkylation sites (tertiary alicyclic amines) is 1. The number of nitrogens with zero attached hydrogens (tertiary/aromatic N) is 4. The molecule has 1 aliphatic heterocycles. The standard InChI is InChI=1S/C24H22N4O2/c1-25-19-8-6-18(7-9-19)16-24(30)11-14-28(15-12-24)23(29)21-5-3-2-4-20(21)22-10-13-26-17-27-22/h2-10,13,17,30H,11-12,14-16H2. The van der Waals surface area contributed by atoms with E-state index < -0.39 is 5.60 Å². The van der Waals surface area contributed by atoms with Crippen LogP contribution in [0.1, 0.15) is 28.8 Å². The predicted molar refractivity (Wildman–Crippen MR) is 114 cm³/mol. The Labute approximate surface area is 175 Å². The Morgan fingerprint density at radius 2 is 1.83 bits per heavy atom. The van der Waals surface area contributed by atoms with E-state index in [1.165, 1.54) is 6.33 Å². The summed E-state index contributed by atoms with van der Waals surface area (Å²) in [5.41, 5.74) is 2.85. The number of hydrogen-bond donors (Lipinski definition) is 1. The third-order valence-corrected chi connectivity index (χ3v) is 5.60. The van der Waals surface area contributed by atoms with Gasteiger partial charge in [-0.2, -0.15) is 0 Å². The number of piperidine rings is 1. The zero-order valence-electron chi connectivity index (χ0n) is 16.5. The van der Waals surface area contributed by atoms with Crippen molar-refractivity contribution < 1.29 is 9.90 Å². The minimum Gasteiger partial charge on any atom is -0.389 e. The Balaban J connectivity index is 1.45. The first-order chi connectivity index (χ1) is 14.6. The molecule has 0 atom stereocenters. The molecule has 0 aliphatic carbocycles. The lowest BCUT2D eigenvalue weighted by molar-refractivity contribution is -0.0162. The van der Waals surface area contributed by atoms with Gasteiger partial charge in [0.1, 0.15) is 6.33 Å². The fourth-order valence-corrected chi connectivity index (χ4v) is 3.88. The van der Waals surface area contributed by atoms with Gasteiger partial charge in [0.25, 0.3) is 5.91 Å². The minimum absolute atomic E-state index is 0.0485. The molecule has 2 aromatic carbocycles. The van der Waals surface area contributed by atoms with E-state index in [2.05, 4.69) is 14.8 Å². The second-order valence-electron chi connectivity index (χ2n) is 7.61. The van der Waals surface area contributed by atoms with E-state index in [-0.39, 0.29) is 5.91 Å². The molecule has 1 amide bonds. The highest BCUT2D eigenvalue weighted by Gasteiger charge is 2.34. The molecule has 30 heavy (non-hydrogen) atoms. The van der Waals surface area contributed by atoms with E-state index in [1.54, 1.807) is 29.3 Å². The molecule has 150 valence electrons. The summed E-state index contributed by atoms with van der Waals surface area (Å²) in [5, 5.41) is 11.0. The number of aromatic nitrogens is 2. The summed E-state index contributed by atoms with van der Waals surface area (Å²) >= 11 is 0. The average Bonchev–Trinajstić information content (AvgIpc) is 2.80. The summed E-state index contributed by atoms with van der Waals surface area (Å²) in [6.07, 6.45) is 4.68. The van der Waals surface area contributed by atoms with Crippen molar-refractivity contribution in [2.75, 3.05) is 13.1 Å². The molecule has 1 saturated heterocycles. The molecular formula is C24H22N4O2. The van der Waals surface area contributed by atoms with Crippen molar-refractivity contribution in [2.45, 2.75) is 24.9 Å². The van der Waals surface area contributed by atoms with Crippen LogP contribution < -0.4 is 0 Å². The van der Waals surface area contributed by atoms with Crippen LogP contribution in [0.2, 0.25) is 0 Å². The largest absolute Gasteiger partial charge is 0.389 e. The first-order valence-electron chi connectivity index (χ1n) is 9.91. The minimum atomic E-state index is -0.845. The van der Waals surface area contributed by atoms with Crippen LogP contribution in [0, 0.1) is 6.57 Å². The van der Waals surface area contributed by atoms with Crippen LogP contribution in [0.15, 0.2) is 67.1 Å². The van der Waals surface area contributed by atoms with Crippen molar-refractivity contribution in [1.29, 1.82) is 0 Å². The molecule has 0 spiro atoms. The molecule has 0 bridgehead atoms. The molecule has 1 aliphatic rings. The number of carbonyl (C=O) groups is 1. The molecule has 2 heterocycles. The summed E-state index contributed by atoms with van der Waals surface area (Å²) in [5.74, 6) is -0.0485. The SMILES string of the molecule is [C-]#[N+]c1ccc(CC2(O)CCN(C(=O)c3ccccc3-c3ccncn3)CC2)cc1. The van der Waals surface area contributed by atoms with Gasteiger partial charge in [-0.15, -0.1) is 0 Å². The van der Waals surface area contributed by atoms with Gasteiger partial charge in [-0.1, -0.05) is 42.5 Å². The van der Waals surface area contributed by atoms with Crippen LogP contribution >= 0.6 is 0 Å². The van der Waals surface area contributed by atoms with Gasteiger partial charge >= 0.3 is 0 Å². The number of amides is 1. The van der Waals surface area contributed by atoms with Gasteiger partial charge in [-0.25, -0.2) is 14.8 Å². The van der Waals surface area contributed by atoms with Crippen LogP contribution in [0.4, 0.5) is 5.69 Å². The lowest BCUT2D eigenvalue weighted by Gasteiger charge is -2.38. The maximum Gasteiger partial charge on any atom is 0.254 e. The summed E-state index contributed by atoms with van der Waals surface area (Å²) < 4.78 is 0. The topological polar surface area (TPSA) is 70.7 Å². The number of hydrogen-bond acceptors (Lipinski definition) is 4. The van der Waals surface area contributed by atoms with Crippen LogP contribution in [0.25, 0.3) is 16.1 Å². The molecule has 0 radical (unpaired) electrons. The molecule has 1 fully saturated rings. The molecule has 6 nitrogen and oxygen atoms in total. The molecule has 0 unspecified atom stereocenters. The highest BCUT2D eigenvalue weighted by molar-refractivity contribution is 6.00. The first-order valence-corrected chi connectivity index (χ1v) is 9.91. The Hall–Kier alpha value is -3.56. The Kier molecular flexibility index (Phi) is 5.55. The van der Waals surface area contributed by atoms with Crippen molar-refractivity contribution in [2.24, 2.45) is 0 Å². The Morgan fingerprint density at radius 3 is 2.50 bits per heavy atom. The fraction of sp³-hybridized carbons (Fsp3) is 0.250. The van der Waals surface area contributed by atoms with Gasteiger partial charge in [-0.3, -0.25) is 4.79 Å². The Bertz CT molecular complexity index is 1070. The molecule has 1 N–H and O–H groups in total. The zero-order chi connectivity index (χ0) is 21.0. The lowest BCUT2D eigenvalue weighted by Crippen LogP contribution is -2.47. The van der Waals surface area contributed by atoms with Crippen LogP contribution in [0.5, 0.6) is 0 Å². The van der Waals surface area contributed by atoms with Gasteiger partial charge < -0.3 is 10.0 Å². The van der Waals surface area contributed by atoms with Gasteiger partial charge in [0.05, 0.1) is 17.9 Å². The van der Waals surface area contributed by atoms with Crippen LogP contribution in [-0.2, 0) is 6.42 Å². The molecule has 3 aromatic rings. The monoisotopic (exact) mass is 398 g/mol. The quantitative estimate of drug-likeness (QED) is 0.677. The first kappa shape index (κ1) is 19.7. The molecule has 6 heteroatoms. The molecule has 0 saturated carbocycles. The lowest BCUT2D eigenvalue weighted by atomic mass is 9.85. The third-order valence-electron chi connectivity index (χ3n) is 5.60. The maximum absolute atomic E-state index is 13.2. The average molecular weight is 398 g/mol. The summed E-state index contributed by atoms with van der Waals surface area (Å²) in [4.78, 5) is 26.6. The van der Waals surface area contributed by atoms with Crippen molar-refractivity contribution in [3.8, 4) is 11.3 Å². The van der Waals surface area contributed by atoms with Gasteiger partial charge in [-0.05, 0) is 30.5 Å². The summed E-state index contributed by atoms with van der Waals surface area (Å²) in [6, 6.07) is 16.6. The van der Waals surface area contributed by atoms with E-state index in [4.69, 9.17) is 6.57 Å². The molecule has 1 aromatic heterocycles. The highest BCUT2D eigenvalue weighted by atomic mass is 16.3. The smallest absolute Gasteiger partial charge is 0.254 e. The molecule has 4 rings (SSSR count). The van der Waals surface area contributed by atoms with Crippen molar-refractivity contribution >= 4 is 11.6 Å². The van der Waals surface area contributed by atoms with Crippen molar-refractivity contribution in [3.63, 3.8) is 0 Å². The van der Waals surface area contributed by atoms with Crippen LogP contribution in [-0.4, -0.2) is 44.6 Å². The van der Waals surface area contributed by atoms with E-state index in [0.29, 0.717) is 49.3 Å². The maximum atomic E-state index is 13.2. The van der Waals surface area contributed by atoms with E-state index in [1.807, 2.05) is 36.4 Å². The predicted octanol–water partition coefficient (Wildman–Crippen LogP) is 3.90. The summed E-state index contributed by atoms with van der Waals surface area (Å²) in [7, 11) is 0. The van der Waals surface area contributed by atoms with E-state index in [9.17, 15) is 9.90 Å². The number of rotatable bonds is 4. The second-order valence-corrected chi connectivity index (χ2v) is 7.61. The fourth-order valence-electron chi connectivity index (χ4n) is 3.88. The zero-order valence-corrected chi connectivity index (χ0v) is 16.5. The van der Waals surface area contributed by atoms with E-state index in [0.717, 1.165) is 11.1 Å². The van der Waals surface area contributed by atoms with Crippen molar-refractivity contribution in [3.05, 3.63) is 89.7 Å². The second kappa shape index (κ2) is 8.44. The van der Waals surface area contributed by atoms with Crippen molar-refractivity contribution in [1.82, 2.24) is 14.9 Å². The summed E-state index contributed by atoms with van der Waals surface area (Å²) in [6.45, 7) is 8.03. The normalized spacial score (nSPS) is 15.4. The highest BCUT2D eigenvalue weighted by Crippen LogP contribution is 2.29. The van der Waals surface area contributed by atoms with Gasteiger partial charge in [0, 0.05) is 36.8 Å².